The number of carbonyl (C=O) groups excluding carboxylic acids is 1. The SMILES string of the molecule is Nc1ccc(CCNC2=N/Cc3cc(C(=O)N4CCNCC4)sc3/C=C\C/C=N\2)cc1. The summed E-state index contributed by atoms with van der Waals surface area (Å²) in [6.07, 6.45) is 7.60. The lowest BCUT2D eigenvalue weighted by molar-refractivity contribution is 0.0740. The van der Waals surface area contributed by atoms with E-state index in [1.807, 2.05) is 41.4 Å². The summed E-state index contributed by atoms with van der Waals surface area (Å²) in [6, 6.07) is 9.90. The average molecular weight is 437 g/mol. The summed E-state index contributed by atoms with van der Waals surface area (Å²) >= 11 is 1.55. The second-order valence-electron chi connectivity index (χ2n) is 7.55. The number of nitrogens with two attached hydrogens (primary N) is 1. The third-order valence-corrected chi connectivity index (χ3v) is 6.39. The maximum atomic E-state index is 12.9. The zero-order valence-corrected chi connectivity index (χ0v) is 18.3. The number of piperazine rings is 1. The van der Waals surface area contributed by atoms with E-state index in [4.69, 9.17) is 5.73 Å². The van der Waals surface area contributed by atoms with Crippen LogP contribution in [0.2, 0.25) is 0 Å². The summed E-state index contributed by atoms with van der Waals surface area (Å²) in [5.74, 6) is 0.738. The quantitative estimate of drug-likeness (QED) is 0.642. The van der Waals surface area contributed by atoms with Gasteiger partial charge in [-0.05, 0) is 41.8 Å². The molecule has 31 heavy (non-hydrogen) atoms. The molecule has 1 fully saturated rings. The monoisotopic (exact) mass is 436 g/mol. The van der Waals surface area contributed by atoms with E-state index >= 15 is 0 Å². The van der Waals surface area contributed by atoms with Crippen LogP contribution < -0.4 is 16.4 Å². The molecule has 7 nitrogen and oxygen atoms in total. The molecule has 1 saturated heterocycles. The summed E-state index contributed by atoms with van der Waals surface area (Å²) in [4.78, 5) is 25.9. The van der Waals surface area contributed by atoms with Crippen molar-refractivity contribution in [2.24, 2.45) is 9.98 Å². The van der Waals surface area contributed by atoms with Crippen molar-refractivity contribution in [1.29, 1.82) is 0 Å². The molecule has 2 aliphatic heterocycles. The van der Waals surface area contributed by atoms with E-state index in [0.29, 0.717) is 12.5 Å². The predicted molar refractivity (Wildman–Crippen MR) is 129 cm³/mol. The predicted octanol–water partition coefficient (Wildman–Crippen LogP) is 2.55. The topological polar surface area (TPSA) is 95.1 Å². The highest BCUT2D eigenvalue weighted by atomic mass is 32.1. The number of nitrogens with zero attached hydrogens (tertiary/aromatic N) is 3. The number of carbonyl (C=O) groups is 1. The Kier molecular flexibility index (Phi) is 7.11. The molecule has 8 heteroatoms. The van der Waals surface area contributed by atoms with Crippen LogP contribution in [-0.4, -0.2) is 55.7 Å². The van der Waals surface area contributed by atoms with E-state index in [-0.39, 0.29) is 5.91 Å². The van der Waals surface area contributed by atoms with Crippen LogP contribution in [0, 0.1) is 0 Å². The maximum absolute atomic E-state index is 12.9. The van der Waals surface area contributed by atoms with Crippen LogP contribution in [0.4, 0.5) is 5.69 Å². The van der Waals surface area contributed by atoms with E-state index in [1.165, 1.54) is 5.56 Å². The Morgan fingerprint density at radius 3 is 2.84 bits per heavy atom. The number of thiophene rings is 1. The Bertz CT molecular complexity index is 986. The number of hydrogen-bond acceptors (Lipinski definition) is 7. The van der Waals surface area contributed by atoms with Gasteiger partial charge in [0, 0.05) is 55.9 Å². The zero-order chi connectivity index (χ0) is 21.5. The van der Waals surface area contributed by atoms with Crippen molar-refractivity contribution in [3.05, 3.63) is 57.3 Å². The van der Waals surface area contributed by atoms with Crippen LogP contribution in [0.1, 0.15) is 32.1 Å². The van der Waals surface area contributed by atoms with Crippen LogP contribution in [0.5, 0.6) is 0 Å². The molecule has 2 aliphatic rings. The fourth-order valence-corrected chi connectivity index (χ4v) is 4.59. The lowest BCUT2D eigenvalue weighted by Crippen LogP contribution is -2.46. The van der Waals surface area contributed by atoms with Crippen LogP contribution in [-0.2, 0) is 13.0 Å². The standard InChI is InChI=1S/C23H28N6OS/c24-19-6-4-17(5-7-19)8-10-27-23-26-9-2-1-3-20-18(16-28-23)15-21(31-20)22(30)29-13-11-25-12-14-29/h1,3-7,9,15,25H,2,8,10-14,16,24H2,(H,27,28)/b3-1-,26-9-. The van der Waals surface area contributed by atoms with E-state index in [2.05, 4.69) is 32.8 Å². The first-order valence-corrected chi connectivity index (χ1v) is 11.5. The van der Waals surface area contributed by atoms with Crippen LogP contribution >= 0.6 is 11.3 Å². The molecule has 4 rings (SSSR count). The van der Waals surface area contributed by atoms with Crippen LogP contribution in [0.25, 0.3) is 6.08 Å². The minimum Gasteiger partial charge on any atom is -0.399 e. The van der Waals surface area contributed by atoms with Gasteiger partial charge in [0.2, 0.25) is 5.96 Å². The molecule has 0 saturated carbocycles. The summed E-state index contributed by atoms with van der Waals surface area (Å²) < 4.78 is 0. The highest BCUT2D eigenvalue weighted by Crippen LogP contribution is 2.26. The van der Waals surface area contributed by atoms with Gasteiger partial charge < -0.3 is 21.3 Å². The van der Waals surface area contributed by atoms with Crippen molar-refractivity contribution in [3.8, 4) is 0 Å². The van der Waals surface area contributed by atoms with Crippen molar-refractivity contribution in [2.45, 2.75) is 19.4 Å². The Morgan fingerprint density at radius 1 is 1.23 bits per heavy atom. The lowest BCUT2D eigenvalue weighted by atomic mass is 10.1. The maximum Gasteiger partial charge on any atom is 0.264 e. The highest BCUT2D eigenvalue weighted by molar-refractivity contribution is 7.15. The second-order valence-corrected chi connectivity index (χ2v) is 8.63. The van der Waals surface area contributed by atoms with Crippen molar-refractivity contribution >= 4 is 41.2 Å². The molecule has 1 aromatic heterocycles. The fraction of sp³-hybridized carbons (Fsp3) is 0.348. The molecule has 0 spiro atoms. The number of rotatable bonds is 4. The van der Waals surface area contributed by atoms with Gasteiger partial charge in [-0.1, -0.05) is 18.2 Å². The number of benzene rings is 1. The van der Waals surface area contributed by atoms with Crippen molar-refractivity contribution in [3.63, 3.8) is 0 Å². The molecule has 1 aromatic carbocycles. The molecule has 0 bridgehead atoms. The molecular weight excluding hydrogens is 408 g/mol. The minimum atomic E-state index is 0.115. The molecule has 1 amide bonds. The van der Waals surface area contributed by atoms with Gasteiger partial charge in [0.15, 0.2) is 0 Å². The largest absolute Gasteiger partial charge is 0.399 e. The number of fused-ring (bicyclic) bond motifs is 1. The van der Waals surface area contributed by atoms with Crippen molar-refractivity contribution in [1.82, 2.24) is 15.5 Å². The Balaban J connectivity index is 1.43. The van der Waals surface area contributed by atoms with Gasteiger partial charge in [-0.3, -0.25) is 4.79 Å². The molecule has 3 heterocycles. The zero-order valence-electron chi connectivity index (χ0n) is 17.5. The van der Waals surface area contributed by atoms with E-state index in [0.717, 1.165) is 66.6 Å². The molecule has 4 N–H and O–H groups in total. The normalized spacial score (nSPS) is 20.3. The first-order chi connectivity index (χ1) is 15.2. The number of guanidine groups is 1. The van der Waals surface area contributed by atoms with Gasteiger partial charge in [0.1, 0.15) is 0 Å². The van der Waals surface area contributed by atoms with E-state index in [9.17, 15) is 4.79 Å². The molecule has 0 atom stereocenters. The molecular formula is C23H28N6OS. The van der Waals surface area contributed by atoms with Gasteiger partial charge in [0.05, 0.1) is 11.4 Å². The Labute approximate surface area is 186 Å². The van der Waals surface area contributed by atoms with Gasteiger partial charge >= 0.3 is 0 Å². The van der Waals surface area contributed by atoms with E-state index < -0.39 is 0 Å². The second kappa shape index (κ2) is 10.4. The number of nitrogen functional groups attached to an aromatic ring is 1. The number of nitrogens with one attached hydrogen (secondary N) is 2. The molecule has 0 unspecified atom stereocenters. The summed E-state index contributed by atoms with van der Waals surface area (Å²) in [6.45, 7) is 4.44. The van der Waals surface area contributed by atoms with Gasteiger partial charge in [-0.25, -0.2) is 9.98 Å². The molecule has 2 aromatic rings. The average Bonchev–Trinajstić information content (AvgIpc) is 3.21. The van der Waals surface area contributed by atoms with Crippen LogP contribution in [0.15, 0.2) is 46.4 Å². The Hall–Kier alpha value is -2.97. The summed E-state index contributed by atoms with van der Waals surface area (Å²) in [5.41, 5.74) is 8.80. The summed E-state index contributed by atoms with van der Waals surface area (Å²) in [5, 5.41) is 6.62. The molecule has 0 aliphatic carbocycles. The third kappa shape index (κ3) is 5.80. The van der Waals surface area contributed by atoms with Gasteiger partial charge in [0.25, 0.3) is 5.91 Å². The first kappa shape index (κ1) is 21.3. The van der Waals surface area contributed by atoms with Gasteiger partial charge in [-0.2, -0.15) is 0 Å². The number of aliphatic imine (C=N–C) groups is 2. The fourth-order valence-electron chi connectivity index (χ4n) is 3.52. The third-order valence-electron chi connectivity index (χ3n) is 5.26. The lowest BCUT2D eigenvalue weighted by Gasteiger charge is -2.26. The minimum absolute atomic E-state index is 0.115. The van der Waals surface area contributed by atoms with E-state index in [1.54, 1.807) is 11.3 Å². The van der Waals surface area contributed by atoms with Crippen molar-refractivity contribution < 1.29 is 4.79 Å². The van der Waals surface area contributed by atoms with Crippen LogP contribution in [0.3, 0.4) is 0 Å². The molecule has 0 radical (unpaired) electrons. The molecule has 162 valence electrons. The highest BCUT2D eigenvalue weighted by Gasteiger charge is 2.21. The number of hydrogen-bond donors (Lipinski definition) is 3. The Morgan fingerprint density at radius 2 is 2.03 bits per heavy atom. The summed E-state index contributed by atoms with van der Waals surface area (Å²) in [7, 11) is 0. The van der Waals surface area contributed by atoms with Crippen molar-refractivity contribution in [2.75, 3.05) is 38.5 Å². The number of allylic oxidation sites excluding steroid dienone is 1. The van der Waals surface area contributed by atoms with Gasteiger partial charge in [-0.15, -0.1) is 11.3 Å². The smallest absolute Gasteiger partial charge is 0.264 e. The number of anilines is 1. The first-order valence-electron chi connectivity index (χ1n) is 10.6. The number of amides is 1.